The second kappa shape index (κ2) is 11.2. The molecule has 1 aromatic heterocycles. The van der Waals surface area contributed by atoms with Crippen LogP contribution in [-0.4, -0.2) is 72.8 Å². The van der Waals surface area contributed by atoms with Crippen LogP contribution in [0.3, 0.4) is 0 Å². The van der Waals surface area contributed by atoms with Gasteiger partial charge in [-0.05, 0) is 79.9 Å². The fourth-order valence-corrected chi connectivity index (χ4v) is 7.54. The molecule has 0 unspecified atom stereocenters. The van der Waals surface area contributed by atoms with Crippen LogP contribution in [0.4, 0.5) is 4.79 Å². The number of carbonyl (C=O) groups excluding carboxylic acids is 2. The Morgan fingerprint density at radius 3 is 2.38 bits per heavy atom. The second-order valence-electron chi connectivity index (χ2n) is 11.0. The SMILES string of the molecule is CC(C)(C)OC(=O)N1CCc2sc(C=CC(=O)N3CCN(S(=O)(=O)c4ccc5cc(Cl)ccc5c4)CC3)cc2C1. The van der Waals surface area contributed by atoms with Crippen molar-refractivity contribution in [3.8, 4) is 0 Å². The van der Waals surface area contributed by atoms with E-state index in [2.05, 4.69) is 0 Å². The highest BCUT2D eigenvalue weighted by Gasteiger charge is 2.30. The van der Waals surface area contributed by atoms with Gasteiger partial charge in [-0.3, -0.25) is 4.79 Å². The van der Waals surface area contributed by atoms with Crippen molar-refractivity contribution < 1.29 is 22.7 Å². The largest absolute Gasteiger partial charge is 0.444 e. The quantitative estimate of drug-likeness (QED) is 0.374. The molecule has 0 atom stereocenters. The zero-order chi connectivity index (χ0) is 28.7. The number of amides is 2. The van der Waals surface area contributed by atoms with Crippen LogP contribution in [0.1, 0.15) is 36.1 Å². The van der Waals surface area contributed by atoms with Gasteiger partial charge >= 0.3 is 6.09 Å². The first-order chi connectivity index (χ1) is 18.9. The number of sulfonamides is 1. The first-order valence-corrected chi connectivity index (χ1v) is 15.8. The van der Waals surface area contributed by atoms with E-state index in [1.165, 1.54) is 9.18 Å². The fraction of sp³-hybridized carbons (Fsp3) is 0.379. The Hall–Kier alpha value is -2.92. The van der Waals surface area contributed by atoms with Crippen molar-refractivity contribution in [1.82, 2.24) is 14.1 Å². The molecule has 2 amide bonds. The van der Waals surface area contributed by atoms with Gasteiger partial charge in [0, 0.05) is 53.6 Å². The van der Waals surface area contributed by atoms with Crippen LogP contribution in [0, 0.1) is 0 Å². The Labute approximate surface area is 243 Å². The first-order valence-electron chi connectivity index (χ1n) is 13.1. The summed E-state index contributed by atoms with van der Waals surface area (Å²) in [6, 6.07) is 12.4. The molecule has 1 saturated heterocycles. The van der Waals surface area contributed by atoms with Gasteiger partial charge in [-0.2, -0.15) is 4.31 Å². The Morgan fingerprint density at radius 2 is 1.65 bits per heavy atom. The van der Waals surface area contributed by atoms with E-state index in [0.717, 1.165) is 27.6 Å². The zero-order valence-electron chi connectivity index (χ0n) is 22.7. The van der Waals surface area contributed by atoms with E-state index in [4.69, 9.17) is 16.3 Å². The van der Waals surface area contributed by atoms with Gasteiger partial charge in [0.1, 0.15) is 5.60 Å². The van der Waals surface area contributed by atoms with E-state index < -0.39 is 15.6 Å². The number of halogens is 1. The van der Waals surface area contributed by atoms with Gasteiger partial charge < -0.3 is 14.5 Å². The summed E-state index contributed by atoms with van der Waals surface area (Å²) in [6.07, 6.45) is 3.78. The number of thiophene rings is 1. The van der Waals surface area contributed by atoms with Gasteiger partial charge in [-0.25, -0.2) is 13.2 Å². The predicted octanol–water partition coefficient (Wildman–Crippen LogP) is 5.39. The van der Waals surface area contributed by atoms with E-state index in [1.807, 2.05) is 26.8 Å². The molecule has 2 aliphatic heterocycles. The van der Waals surface area contributed by atoms with Crippen LogP contribution in [-0.2, 0) is 32.5 Å². The molecule has 2 aliphatic rings. The lowest BCUT2D eigenvalue weighted by molar-refractivity contribution is -0.127. The first kappa shape index (κ1) is 28.6. The summed E-state index contributed by atoms with van der Waals surface area (Å²) in [5, 5.41) is 2.28. The molecule has 5 rings (SSSR count). The van der Waals surface area contributed by atoms with Crippen molar-refractivity contribution >= 4 is 61.8 Å². The average molecular weight is 602 g/mol. The number of nitrogens with zero attached hydrogens (tertiary/aromatic N) is 3. The van der Waals surface area contributed by atoms with Gasteiger partial charge in [0.15, 0.2) is 0 Å². The van der Waals surface area contributed by atoms with Crippen molar-refractivity contribution in [3.63, 3.8) is 0 Å². The summed E-state index contributed by atoms with van der Waals surface area (Å²) < 4.78 is 33.5. The topological polar surface area (TPSA) is 87.2 Å². The molecule has 0 bridgehead atoms. The number of benzene rings is 2. The highest BCUT2D eigenvalue weighted by Crippen LogP contribution is 2.30. The minimum atomic E-state index is -3.68. The van der Waals surface area contributed by atoms with E-state index in [1.54, 1.807) is 69.7 Å². The van der Waals surface area contributed by atoms with Crippen molar-refractivity contribution in [2.45, 2.75) is 44.2 Å². The van der Waals surface area contributed by atoms with E-state index in [9.17, 15) is 18.0 Å². The van der Waals surface area contributed by atoms with Crippen LogP contribution < -0.4 is 0 Å². The lowest BCUT2D eigenvalue weighted by Gasteiger charge is -2.33. The lowest BCUT2D eigenvalue weighted by Crippen LogP contribution is -2.50. The number of hydrogen-bond donors (Lipinski definition) is 0. The van der Waals surface area contributed by atoms with E-state index >= 15 is 0 Å². The smallest absolute Gasteiger partial charge is 0.410 e. The van der Waals surface area contributed by atoms with Crippen molar-refractivity contribution in [2.75, 3.05) is 32.7 Å². The molecule has 212 valence electrons. The van der Waals surface area contributed by atoms with Gasteiger partial charge in [-0.1, -0.05) is 23.7 Å². The number of ether oxygens (including phenoxy) is 1. The van der Waals surface area contributed by atoms with Crippen molar-refractivity contribution in [2.24, 2.45) is 0 Å². The molecule has 0 spiro atoms. The van der Waals surface area contributed by atoms with Crippen molar-refractivity contribution in [3.05, 3.63) is 68.9 Å². The molecule has 0 aliphatic carbocycles. The summed E-state index contributed by atoms with van der Waals surface area (Å²) in [5.41, 5.74) is 0.534. The van der Waals surface area contributed by atoms with Crippen LogP contribution in [0.25, 0.3) is 16.8 Å². The average Bonchev–Trinajstić information content (AvgIpc) is 3.32. The third kappa shape index (κ3) is 6.35. The van der Waals surface area contributed by atoms with Crippen LogP contribution >= 0.6 is 22.9 Å². The number of hydrogen-bond acceptors (Lipinski definition) is 6. The number of fused-ring (bicyclic) bond motifs is 2. The van der Waals surface area contributed by atoms with E-state index in [0.29, 0.717) is 31.2 Å². The highest BCUT2D eigenvalue weighted by atomic mass is 35.5. The molecule has 0 saturated carbocycles. The Kier molecular flexibility index (Phi) is 7.98. The molecule has 8 nitrogen and oxygen atoms in total. The summed E-state index contributed by atoms with van der Waals surface area (Å²) in [5.74, 6) is -0.151. The summed E-state index contributed by atoms with van der Waals surface area (Å²) in [4.78, 5) is 31.1. The van der Waals surface area contributed by atoms with Gasteiger partial charge in [0.2, 0.25) is 15.9 Å². The van der Waals surface area contributed by atoms with E-state index in [-0.39, 0.29) is 30.0 Å². The van der Waals surface area contributed by atoms with Crippen LogP contribution in [0.15, 0.2) is 53.4 Å². The zero-order valence-corrected chi connectivity index (χ0v) is 25.1. The van der Waals surface area contributed by atoms with Crippen molar-refractivity contribution in [1.29, 1.82) is 0 Å². The number of piperazine rings is 1. The standard InChI is InChI=1S/C29H32ClN3O5S2/c1-29(2,3)38-28(35)32-11-10-26-22(19-32)17-24(39-26)7-9-27(34)31-12-14-33(15-13-31)40(36,37)25-8-5-20-16-23(30)6-4-21(20)18-25/h4-9,16-18H,10-15,19H2,1-3H3. The maximum Gasteiger partial charge on any atom is 0.410 e. The Bertz CT molecular complexity index is 1580. The molecular weight excluding hydrogens is 570 g/mol. The van der Waals surface area contributed by atoms with Crippen LogP contribution in [0.2, 0.25) is 5.02 Å². The van der Waals surface area contributed by atoms with Gasteiger partial charge in [-0.15, -0.1) is 11.3 Å². The predicted molar refractivity (Wildman–Crippen MR) is 158 cm³/mol. The molecule has 40 heavy (non-hydrogen) atoms. The molecule has 0 N–H and O–H groups in total. The number of carbonyl (C=O) groups is 2. The molecule has 3 heterocycles. The third-order valence-electron chi connectivity index (χ3n) is 6.89. The maximum atomic E-state index is 13.3. The van der Waals surface area contributed by atoms with Gasteiger partial charge in [0.25, 0.3) is 0 Å². The summed E-state index contributed by atoms with van der Waals surface area (Å²) in [7, 11) is -3.68. The maximum absolute atomic E-state index is 13.3. The third-order valence-corrected chi connectivity index (χ3v) is 10.2. The minimum Gasteiger partial charge on any atom is -0.444 e. The fourth-order valence-electron chi connectivity index (χ4n) is 4.83. The Balaban J connectivity index is 1.17. The molecular formula is C29H32ClN3O5S2. The normalized spacial score (nSPS) is 16.9. The second-order valence-corrected chi connectivity index (χ2v) is 14.5. The lowest BCUT2D eigenvalue weighted by atomic mass is 10.1. The molecule has 3 aromatic rings. The summed E-state index contributed by atoms with van der Waals surface area (Å²) in [6.45, 7) is 7.74. The number of rotatable bonds is 4. The molecule has 2 aromatic carbocycles. The van der Waals surface area contributed by atoms with Crippen LogP contribution in [0.5, 0.6) is 0 Å². The molecule has 0 radical (unpaired) electrons. The molecule has 11 heteroatoms. The highest BCUT2D eigenvalue weighted by molar-refractivity contribution is 7.89. The molecule has 1 fully saturated rings. The van der Waals surface area contributed by atoms with Gasteiger partial charge in [0.05, 0.1) is 11.4 Å². The Morgan fingerprint density at radius 1 is 0.950 bits per heavy atom. The summed E-state index contributed by atoms with van der Waals surface area (Å²) >= 11 is 7.67. The monoisotopic (exact) mass is 601 g/mol. The minimum absolute atomic E-state index is 0.151.